The van der Waals surface area contributed by atoms with Gasteiger partial charge in [-0.05, 0) is 25.7 Å². The third-order valence-corrected chi connectivity index (χ3v) is 3.30. The van der Waals surface area contributed by atoms with Crippen molar-refractivity contribution >= 4 is 34.5 Å². The summed E-state index contributed by atoms with van der Waals surface area (Å²) >= 11 is 1.93. The van der Waals surface area contributed by atoms with Crippen molar-refractivity contribution in [2.24, 2.45) is 0 Å². The number of esters is 1. The number of carboxylic acids is 1. The second-order valence-corrected chi connectivity index (χ2v) is 4.68. The second kappa shape index (κ2) is 5.67. The first-order valence-corrected chi connectivity index (χ1v) is 6.60. The zero-order chi connectivity index (χ0) is 11.3. The number of alkyl halides is 1. The van der Waals surface area contributed by atoms with Gasteiger partial charge in [0.2, 0.25) is 0 Å². The highest BCUT2D eigenvalue weighted by molar-refractivity contribution is 14.1. The number of aliphatic carboxylic acids is 1. The van der Waals surface area contributed by atoms with Crippen LogP contribution in [-0.2, 0) is 14.3 Å². The molecule has 1 rings (SSSR count). The highest BCUT2D eigenvalue weighted by Gasteiger charge is 2.37. The van der Waals surface area contributed by atoms with E-state index in [1.165, 1.54) is 0 Å². The molecule has 1 N–H and O–H groups in total. The smallest absolute Gasteiger partial charge is 0.316 e. The molecule has 0 amide bonds. The normalized spacial score (nSPS) is 19.5. The average Bonchev–Trinajstić information content (AvgIpc) is 2.17. The third-order valence-electron chi connectivity index (χ3n) is 2.68. The van der Waals surface area contributed by atoms with Crippen molar-refractivity contribution in [3.8, 4) is 0 Å². The van der Waals surface area contributed by atoms with Crippen LogP contribution in [0, 0.1) is 0 Å². The van der Waals surface area contributed by atoms with Gasteiger partial charge in [0.25, 0.3) is 0 Å². The standard InChI is InChI=1S/C10H15IO4/c11-7-9(14)15-10(6-8(12)13)4-2-1-3-5-10/h1-7H2,(H,12,13). The van der Waals surface area contributed by atoms with E-state index in [9.17, 15) is 9.59 Å². The van der Waals surface area contributed by atoms with Crippen LogP contribution in [0.4, 0.5) is 0 Å². The molecule has 0 spiro atoms. The van der Waals surface area contributed by atoms with Crippen LogP contribution in [-0.4, -0.2) is 27.1 Å². The van der Waals surface area contributed by atoms with Crippen LogP contribution in [0.5, 0.6) is 0 Å². The molecule has 0 atom stereocenters. The minimum Gasteiger partial charge on any atom is -0.481 e. The van der Waals surface area contributed by atoms with Crippen LogP contribution in [0.25, 0.3) is 0 Å². The summed E-state index contributed by atoms with van der Waals surface area (Å²) < 4.78 is 5.59. The van der Waals surface area contributed by atoms with Crippen LogP contribution >= 0.6 is 22.6 Å². The predicted molar refractivity (Wildman–Crippen MR) is 63.0 cm³/mol. The summed E-state index contributed by atoms with van der Waals surface area (Å²) in [5, 5.41) is 8.82. The minimum absolute atomic E-state index is 0.0601. The highest BCUT2D eigenvalue weighted by Crippen LogP contribution is 2.34. The van der Waals surface area contributed by atoms with Crippen LogP contribution in [0.2, 0.25) is 0 Å². The molecule has 0 heterocycles. The monoisotopic (exact) mass is 326 g/mol. The van der Waals surface area contributed by atoms with Gasteiger partial charge in [0, 0.05) is 0 Å². The Morgan fingerprint density at radius 3 is 2.33 bits per heavy atom. The summed E-state index contributed by atoms with van der Waals surface area (Å²) in [7, 11) is 0. The maximum absolute atomic E-state index is 11.2. The molecule has 1 fully saturated rings. The molecule has 0 aliphatic heterocycles. The van der Waals surface area contributed by atoms with Crippen molar-refractivity contribution in [1.82, 2.24) is 0 Å². The summed E-state index contributed by atoms with van der Waals surface area (Å²) in [5.74, 6) is -1.20. The number of carboxylic acid groups (broad SMARTS) is 1. The minimum atomic E-state index is -0.891. The molecule has 0 aromatic carbocycles. The van der Waals surface area contributed by atoms with Crippen molar-refractivity contribution in [2.45, 2.75) is 44.1 Å². The van der Waals surface area contributed by atoms with Gasteiger partial charge in [-0.1, -0.05) is 29.0 Å². The molecule has 0 radical (unpaired) electrons. The lowest BCUT2D eigenvalue weighted by Gasteiger charge is -2.35. The van der Waals surface area contributed by atoms with E-state index < -0.39 is 11.6 Å². The van der Waals surface area contributed by atoms with Gasteiger partial charge in [-0.15, -0.1) is 0 Å². The molecule has 0 saturated heterocycles. The fraction of sp³-hybridized carbons (Fsp3) is 0.800. The summed E-state index contributed by atoms with van der Waals surface area (Å²) in [6, 6.07) is 0. The molecule has 5 heteroatoms. The Hall–Kier alpha value is -0.330. The summed E-state index contributed by atoms with van der Waals surface area (Å²) in [4.78, 5) is 22.0. The maximum atomic E-state index is 11.2. The SMILES string of the molecule is O=C(O)CC1(OC(=O)CI)CCCCC1. The lowest BCUT2D eigenvalue weighted by atomic mass is 9.82. The van der Waals surface area contributed by atoms with Gasteiger partial charge in [-0.2, -0.15) is 0 Å². The Morgan fingerprint density at radius 1 is 1.27 bits per heavy atom. The third kappa shape index (κ3) is 3.96. The van der Waals surface area contributed by atoms with E-state index in [2.05, 4.69) is 0 Å². The van der Waals surface area contributed by atoms with Crippen molar-refractivity contribution < 1.29 is 19.4 Å². The van der Waals surface area contributed by atoms with Gasteiger partial charge in [-0.3, -0.25) is 9.59 Å². The molecule has 0 aromatic rings. The zero-order valence-electron chi connectivity index (χ0n) is 8.50. The first-order valence-electron chi connectivity index (χ1n) is 5.08. The van der Waals surface area contributed by atoms with E-state index in [1.54, 1.807) is 0 Å². The first-order chi connectivity index (χ1) is 7.08. The number of rotatable bonds is 4. The van der Waals surface area contributed by atoms with Gasteiger partial charge < -0.3 is 9.84 Å². The van der Waals surface area contributed by atoms with Crippen molar-refractivity contribution in [3.63, 3.8) is 0 Å². The van der Waals surface area contributed by atoms with Crippen LogP contribution in [0.1, 0.15) is 38.5 Å². The molecule has 1 saturated carbocycles. The Bertz CT molecular complexity index is 246. The Labute approximate surface area is 103 Å². The summed E-state index contributed by atoms with van der Waals surface area (Å²) in [5.41, 5.74) is -0.730. The highest BCUT2D eigenvalue weighted by atomic mass is 127. The molecule has 0 bridgehead atoms. The van der Waals surface area contributed by atoms with Crippen LogP contribution < -0.4 is 0 Å². The molecule has 86 valence electrons. The van der Waals surface area contributed by atoms with Crippen molar-refractivity contribution in [3.05, 3.63) is 0 Å². The van der Waals surface area contributed by atoms with E-state index in [0.29, 0.717) is 12.8 Å². The van der Waals surface area contributed by atoms with E-state index in [-0.39, 0.29) is 16.8 Å². The van der Waals surface area contributed by atoms with Crippen LogP contribution in [0.3, 0.4) is 0 Å². The molecular weight excluding hydrogens is 311 g/mol. The number of carbonyl (C=O) groups is 2. The summed E-state index contributed by atoms with van der Waals surface area (Å²) in [6.45, 7) is 0. The maximum Gasteiger partial charge on any atom is 0.316 e. The Balaban J connectivity index is 2.65. The lowest BCUT2D eigenvalue weighted by Crippen LogP contribution is -2.39. The molecular formula is C10H15IO4. The second-order valence-electron chi connectivity index (χ2n) is 3.92. The number of hydrogen-bond acceptors (Lipinski definition) is 3. The fourth-order valence-corrected chi connectivity index (χ4v) is 2.21. The average molecular weight is 326 g/mol. The molecule has 1 aliphatic carbocycles. The fourth-order valence-electron chi connectivity index (χ4n) is 2.06. The van der Waals surface area contributed by atoms with Gasteiger partial charge in [0.05, 0.1) is 10.8 Å². The van der Waals surface area contributed by atoms with Gasteiger partial charge >= 0.3 is 11.9 Å². The van der Waals surface area contributed by atoms with Crippen molar-refractivity contribution in [2.75, 3.05) is 4.43 Å². The Morgan fingerprint density at radius 2 is 1.87 bits per heavy atom. The number of hydrogen-bond donors (Lipinski definition) is 1. The van der Waals surface area contributed by atoms with E-state index in [0.717, 1.165) is 19.3 Å². The van der Waals surface area contributed by atoms with Gasteiger partial charge in [0.1, 0.15) is 5.60 Å². The summed E-state index contributed by atoms with van der Waals surface area (Å²) in [6.07, 6.45) is 4.30. The first kappa shape index (κ1) is 12.7. The topological polar surface area (TPSA) is 63.6 Å². The molecule has 4 nitrogen and oxygen atoms in total. The van der Waals surface area contributed by atoms with E-state index in [1.807, 2.05) is 22.6 Å². The molecule has 15 heavy (non-hydrogen) atoms. The number of ether oxygens (including phenoxy) is 1. The van der Waals surface area contributed by atoms with E-state index in [4.69, 9.17) is 9.84 Å². The van der Waals surface area contributed by atoms with Gasteiger partial charge in [-0.25, -0.2) is 0 Å². The zero-order valence-corrected chi connectivity index (χ0v) is 10.7. The number of carbonyl (C=O) groups excluding carboxylic acids is 1. The predicted octanol–water partition coefficient (Wildman–Crippen LogP) is 2.14. The lowest BCUT2D eigenvalue weighted by molar-refractivity contribution is -0.165. The number of halogens is 1. The van der Waals surface area contributed by atoms with Gasteiger partial charge in [0.15, 0.2) is 0 Å². The van der Waals surface area contributed by atoms with Crippen LogP contribution in [0.15, 0.2) is 0 Å². The molecule has 0 unspecified atom stereocenters. The van der Waals surface area contributed by atoms with E-state index >= 15 is 0 Å². The Kier molecular flexibility index (Phi) is 4.82. The van der Waals surface area contributed by atoms with Crippen molar-refractivity contribution in [1.29, 1.82) is 0 Å². The largest absolute Gasteiger partial charge is 0.481 e. The molecule has 0 aromatic heterocycles. The molecule has 1 aliphatic rings. The quantitative estimate of drug-likeness (QED) is 0.488.